The van der Waals surface area contributed by atoms with Gasteiger partial charge in [-0.1, -0.05) is 48.7 Å². The minimum atomic E-state index is -3.88. The summed E-state index contributed by atoms with van der Waals surface area (Å²) in [5.74, 6) is -0.532. The molecule has 170 valence electrons. The Balaban J connectivity index is 1.55. The Labute approximate surface area is 188 Å². The second kappa shape index (κ2) is 9.03. The quantitative estimate of drug-likeness (QED) is 0.646. The van der Waals surface area contributed by atoms with Gasteiger partial charge in [-0.3, -0.25) is 14.5 Å². The van der Waals surface area contributed by atoms with E-state index in [1.54, 1.807) is 12.1 Å². The predicted molar refractivity (Wildman–Crippen MR) is 119 cm³/mol. The van der Waals surface area contributed by atoms with Crippen molar-refractivity contribution in [1.29, 1.82) is 0 Å². The van der Waals surface area contributed by atoms with Gasteiger partial charge < -0.3 is 4.74 Å². The molecule has 1 N–H and O–H groups in total. The van der Waals surface area contributed by atoms with Crippen LogP contribution in [-0.2, 0) is 32.7 Å². The number of sulfonamides is 1. The molecule has 32 heavy (non-hydrogen) atoms. The highest BCUT2D eigenvalue weighted by atomic mass is 32.2. The van der Waals surface area contributed by atoms with Crippen molar-refractivity contribution in [2.75, 3.05) is 7.11 Å². The van der Waals surface area contributed by atoms with Gasteiger partial charge in [-0.05, 0) is 43.0 Å². The standard InChI is InChI=1S/C24H28N2O5S/c1-16-7-9-17(10-8-16)14-25-32(29,30)22-13-18(11-12-21(22)31-2)15-26-23(27)19-5-3-4-6-20(19)24(26)28/h7-13,19-20,25H,3-6,14-15H2,1-2H3/t19-,20-/m0/s1. The molecule has 0 spiro atoms. The number of ether oxygens (including phenoxy) is 1. The van der Waals surface area contributed by atoms with E-state index in [1.165, 1.54) is 18.1 Å². The largest absolute Gasteiger partial charge is 0.495 e. The number of hydrogen-bond acceptors (Lipinski definition) is 5. The van der Waals surface area contributed by atoms with Crippen LogP contribution in [0.2, 0.25) is 0 Å². The summed E-state index contributed by atoms with van der Waals surface area (Å²) >= 11 is 0. The summed E-state index contributed by atoms with van der Waals surface area (Å²) in [6, 6.07) is 12.3. The highest BCUT2D eigenvalue weighted by Crippen LogP contribution is 2.39. The minimum Gasteiger partial charge on any atom is -0.495 e. The van der Waals surface area contributed by atoms with Crippen LogP contribution < -0.4 is 9.46 Å². The predicted octanol–water partition coefficient (Wildman–Crippen LogP) is 3.16. The van der Waals surface area contributed by atoms with Gasteiger partial charge >= 0.3 is 0 Å². The first-order chi connectivity index (χ1) is 15.3. The molecule has 2 aliphatic rings. The number of carbonyl (C=O) groups is 2. The van der Waals surface area contributed by atoms with Crippen molar-refractivity contribution in [1.82, 2.24) is 9.62 Å². The number of imide groups is 1. The van der Waals surface area contributed by atoms with E-state index in [2.05, 4.69) is 4.72 Å². The van der Waals surface area contributed by atoms with Crippen LogP contribution in [0.4, 0.5) is 0 Å². The van der Waals surface area contributed by atoms with E-state index in [0.717, 1.165) is 36.8 Å². The zero-order chi connectivity index (χ0) is 22.9. The van der Waals surface area contributed by atoms with Gasteiger partial charge in [-0.25, -0.2) is 13.1 Å². The van der Waals surface area contributed by atoms with Crippen LogP contribution in [-0.4, -0.2) is 32.2 Å². The Hall–Kier alpha value is -2.71. The number of aryl methyl sites for hydroxylation is 1. The molecule has 1 aliphatic carbocycles. The van der Waals surface area contributed by atoms with Crippen LogP contribution >= 0.6 is 0 Å². The molecule has 0 bridgehead atoms. The van der Waals surface area contributed by atoms with Gasteiger partial charge in [0.1, 0.15) is 10.6 Å². The Morgan fingerprint density at radius 3 is 2.16 bits per heavy atom. The van der Waals surface area contributed by atoms with Crippen LogP contribution in [0.15, 0.2) is 47.4 Å². The molecule has 1 saturated heterocycles. The van der Waals surface area contributed by atoms with Crippen LogP contribution in [0.3, 0.4) is 0 Å². The van der Waals surface area contributed by atoms with Crippen molar-refractivity contribution in [3.8, 4) is 5.75 Å². The molecule has 1 aliphatic heterocycles. The molecule has 2 fully saturated rings. The van der Waals surface area contributed by atoms with Crippen molar-refractivity contribution in [3.63, 3.8) is 0 Å². The fraction of sp³-hybridized carbons (Fsp3) is 0.417. The second-order valence-electron chi connectivity index (χ2n) is 8.56. The molecule has 7 nitrogen and oxygen atoms in total. The molecule has 2 aromatic carbocycles. The third-order valence-electron chi connectivity index (χ3n) is 6.38. The van der Waals surface area contributed by atoms with Crippen molar-refractivity contribution in [3.05, 3.63) is 59.2 Å². The lowest BCUT2D eigenvalue weighted by atomic mass is 9.81. The molecule has 2 atom stereocenters. The number of rotatable bonds is 7. The molecular weight excluding hydrogens is 428 g/mol. The van der Waals surface area contributed by atoms with Gasteiger partial charge in [0.15, 0.2) is 0 Å². The van der Waals surface area contributed by atoms with Gasteiger partial charge in [0.25, 0.3) is 0 Å². The first-order valence-electron chi connectivity index (χ1n) is 10.9. The summed E-state index contributed by atoms with van der Waals surface area (Å²) in [6.07, 6.45) is 3.42. The van der Waals surface area contributed by atoms with Gasteiger partial charge in [-0.15, -0.1) is 0 Å². The number of fused-ring (bicyclic) bond motifs is 1. The summed E-state index contributed by atoms with van der Waals surface area (Å²) in [5, 5.41) is 0. The summed E-state index contributed by atoms with van der Waals surface area (Å²) in [4.78, 5) is 26.9. The zero-order valence-electron chi connectivity index (χ0n) is 18.3. The molecule has 0 radical (unpaired) electrons. The molecule has 1 heterocycles. The lowest BCUT2D eigenvalue weighted by molar-refractivity contribution is -0.140. The van der Waals surface area contributed by atoms with Gasteiger partial charge in [-0.2, -0.15) is 0 Å². The van der Waals surface area contributed by atoms with Crippen LogP contribution in [0.25, 0.3) is 0 Å². The average Bonchev–Trinajstić information content (AvgIpc) is 3.04. The fourth-order valence-corrected chi connectivity index (χ4v) is 5.80. The van der Waals surface area contributed by atoms with Crippen molar-refractivity contribution >= 4 is 21.8 Å². The number of nitrogens with one attached hydrogen (secondary N) is 1. The van der Waals surface area contributed by atoms with Crippen molar-refractivity contribution < 1.29 is 22.7 Å². The highest BCUT2D eigenvalue weighted by Gasteiger charge is 2.47. The molecule has 4 rings (SSSR count). The summed E-state index contributed by atoms with van der Waals surface area (Å²) in [7, 11) is -2.47. The lowest BCUT2D eigenvalue weighted by Crippen LogP contribution is -2.30. The molecule has 1 saturated carbocycles. The van der Waals surface area contributed by atoms with Crippen molar-refractivity contribution in [2.24, 2.45) is 11.8 Å². The maximum atomic E-state index is 13.0. The van der Waals surface area contributed by atoms with Gasteiger partial charge in [0.05, 0.1) is 25.5 Å². The SMILES string of the molecule is COc1ccc(CN2C(=O)[C@H]3CCCC[C@@H]3C2=O)cc1S(=O)(=O)NCc1ccc(C)cc1. The molecular formula is C24H28N2O5S. The maximum Gasteiger partial charge on any atom is 0.244 e. The number of amides is 2. The molecule has 2 aromatic rings. The van der Waals surface area contributed by atoms with E-state index in [4.69, 9.17) is 4.74 Å². The zero-order valence-corrected chi connectivity index (χ0v) is 19.2. The van der Waals surface area contributed by atoms with E-state index < -0.39 is 10.0 Å². The normalized spacial score (nSPS) is 21.0. The summed E-state index contributed by atoms with van der Waals surface area (Å²) < 4.78 is 34.0. The number of methoxy groups -OCH3 is 1. The fourth-order valence-electron chi connectivity index (χ4n) is 4.56. The first-order valence-corrected chi connectivity index (χ1v) is 12.4. The third-order valence-corrected chi connectivity index (χ3v) is 7.80. The Kier molecular flexibility index (Phi) is 6.35. The highest BCUT2D eigenvalue weighted by molar-refractivity contribution is 7.89. The smallest absolute Gasteiger partial charge is 0.244 e. The molecule has 0 unspecified atom stereocenters. The monoisotopic (exact) mass is 456 g/mol. The number of carbonyl (C=O) groups excluding carboxylic acids is 2. The third kappa shape index (κ3) is 4.42. The van der Waals surface area contributed by atoms with E-state index in [0.29, 0.717) is 5.56 Å². The number of hydrogen-bond donors (Lipinski definition) is 1. The lowest BCUT2D eigenvalue weighted by Gasteiger charge is -2.19. The van der Waals surface area contributed by atoms with Gasteiger partial charge in [0, 0.05) is 6.54 Å². The topological polar surface area (TPSA) is 92.8 Å². The average molecular weight is 457 g/mol. The summed E-state index contributed by atoms with van der Waals surface area (Å²) in [5.41, 5.74) is 2.50. The van der Waals surface area contributed by atoms with E-state index in [1.807, 2.05) is 31.2 Å². The van der Waals surface area contributed by atoms with Crippen LogP contribution in [0, 0.1) is 18.8 Å². The number of nitrogens with zero attached hydrogens (tertiary/aromatic N) is 1. The van der Waals surface area contributed by atoms with Crippen LogP contribution in [0.5, 0.6) is 5.75 Å². The van der Waals surface area contributed by atoms with Crippen molar-refractivity contribution in [2.45, 2.75) is 50.6 Å². The molecule has 2 amide bonds. The Bertz CT molecular complexity index is 1100. The Morgan fingerprint density at radius 2 is 1.56 bits per heavy atom. The molecule has 8 heteroatoms. The summed E-state index contributed by atoms with van der Waals surface area (Å²) in [6.45, 7) is 2.17. The first kappa shape index (κ1) is 22.5. The van der Waals surface area contributed by atoms with E-state index in [-0.39, 0.29) is 47.4 Å². The maximum absolute atomic E-state index is 13.0. The van der Waals surface area contributed by atoms with E-state index in [9.17, 15) is 18.0 Å². The number of likely N-dealkylation sites (tertiary alicyclic amines) is 1. The van der Waals surface area contributed by atoms with Gasteiger partial charge in [0.2, 0.25) is 21.8 Å². The van der Waals surface area contributed by atoms with E-state index >= 15 is 0 Å². The second-order valence-corrected chi connectivity index (χ2v) is 10.3. The number of benzene rings is 2. The Morgan fingerprint density at radius 1 is 0.969 bits per heavy atom. The van der Waals surface area contributed by atoms with Crippen LogP contribution in [0.1, 0.15) is 42.4 Å². The minimum absolute atomic E-state index is 0.0128. The molecule has 0 aromatic heterocycles.